The Labute approximate surface area is 233 Å². The summed E-state index contributed by atoms with van der Waals surface area (Å²) in [5.74, 6) is 1.31. The summed E-state index contributed by atoms with van der Waals surface area (Å²) in [6, 6.07) is 13.6. The van der Waals surface area contributed by atoms with Gasteiger partial charge in [0.1, 0.15) is 11.8 Å². The van der Waals surface area contributed by atoms with E-state index in [0.29, 0.717) is 34.2 Å². The lowest BCUT2D eigenvalue weighted by atomic mass is 9.94. The van der Waals surface area contributed by atoms with Crippen LogP contribution in [0.25, 0.3) is 0 Å². The van der Waals surface area contributed by atoms with Crippen molar-refractivity contribution >= 4 is 28.8 Å². The van der Waals surface area contributed by atoms with Crippen molar-refractivity contribution in [1.29, 1.82) is 0 Å². The summed E-state index contributed by atoms with van der Waals surface area (Å²) in [5.41, 5.74) is 1.09. The van der Waals surface area contributed by atoms with E-state index in [2.05, 4.69) is 5.32 Å². The number of nitrogens with one attached hydrogen (secondary N) is 1. The van der Waals surface area contributed by atoms with Gasteiger partial charge in [-0.3, -0.25) is 14.5 Å². The molecule has 1 heterocycles. The number of hydrogen-bond acceptors (Lipinski definition) is 7. The van der Waals surface area contributed by atoms with Gasteiger partial charge in [-0.1, -0.05) is 31.4 Å². The third-order valence-corrected chi connectivity index (χ3v) is 7.84. The van der Waals surface area contributed by atoms with Crippen LogP contribution in [0.1, 0.15) is 48.6 Å². The van der Waals surface area contributed by atoms with Crippen LogP contribution in [0.4, 0.5) is 5.69 Å². The van der Waals surface area contributed by atoms with E-state index in [1.165, 1.54) is 32.7 Å². The molecule has 3 aromatic rings. The Kier molecular flexibility index (Phi) is 9.70. The number of benzene rings is 2. The highest BCUT2D eigenvalue weighted by Crippen LogP contribution is 2.42. The third-order valence-electron chi connectivity index (χ3n) is 6.97. The number of carbonyl (C=O) groups excluding carboxylic acids is 2. The van der Waals surface area contributed by atoms with Gasteiger partial charge in [0.05, 0.1) is 34.9 Å². The molecule has 9 heteroatoms. The quantitative estimate of drug-likeness (QED) is 0.336. The number of nitrogens with zero attached hydrogens (tertiary/aromatic N) is 1. The Balaban J connectivity index is 1.87. The summed E-state index contributed by atoms with van der Waals surface area (Å²) in [4.78, 5) is 30.7. The van der Waals surface area contributed by atoms with Gasteiger partial charge in [0.2, 0.25) is 17.6 Å². The first-order valence-corrected chi connectivity index (χ1v) is 14.0. The van der Waals surface area contributed by atoms with Crippen LogP contribution in [0.2, 0.25) is 0 Å². The van der Waals surface area contributed by atoms with E-state index in [1.54, 1.807) is 30.2 Å². The van der Waals surface area contributed by atoms with E-state index in [-0.39, 0.29) is 24.3 Å². The molecule has 2 amide bonds. The second kappa shape index (κ2) is 13.4. The summed E-state index contributed by atoms with van der Waals surface area (Å²) in [5, 5.41) is 5.17. The first kappa shape index (κ1) is 28.3. The molecular formula is C30H36N2O6S. The molecule has 2 aromatic carbocycles. The minimum atomic E-state index is -1.000. The van der Waals surface area contributed by atoms with Crippen molar-refractivity contribution in [1.82, 2.24) is 5.32 Å². The molecule has 0 aliphatic heterocycles. The number of thiophene rings is 1. The van der Waals surface area contributed by atoms with E-state index in [9.17, 15) is 9.59 Å². The fraction of sp³-hybridized carbons (Fsp3) is 0.400. The second-order valence-corrected chi connectivity index (χ2v) is 10.5. The van der Waals surface area contributed by atoms with Crippen molar-refractivity contribution in [2.75, 3.05) is 33.3 Å². The van der Waals surface area contributed by atoms with Crippen molar-refractivity contribution in [3.05, 3.63) is 64.4 Å². The maximum Gasteiger partial charge on any atom is 0.248 e. The Morgan fingerprint density at radius 3 is 2.23 bits per heavy atom. The van der Waals surface area contributed by atoms with Gasteiger partial charge >= 0.3 is 0 Å². The molecule has 1 atom stereocenters. The molecule has 4 rings (SSSR count). The van der Waals surface area contributed by atoms with Crippen molar-refractivity contribution in [3.8, 4) is 23.0 Å². The van der Waals surface area contributed by atoms with Crippen molar-refractivity contribution < 1.29 is 28.5 Å². The molecule has 0 spiro atoms. The second-order valence-electron chi connectivity index (χ2n) is 9.43. The average molecular weight is 553 g/mol. The monoisotopic (exact) mass is 552 g/mol. The number of hydrogen-bond donors (Lipinski definition) is 1. The highest BCUT2D eigenvalue weighted by atomic mass is 32.1. The molecule has 1 aromatic heterocycles. The molecule has 0 saturated heterocycles. The molecule has 0 unspecified atom stereocenters. The minimum absolute atomic E-state index is 0.0512. The highest BCUT2D eigenvalue weighted by molar-refractivity contribution is 7.10. The SMILES string of the molecule is COc1cccc(N(C(=O)Cc2cccs2)[C@H](C(=O)NC2CCCCC2)c2cc(OC)c(OC)c(OC)c2)c1. The molecule has 39 heavy (non-hydrogen) atoms. The van der Waals surface area contributed by atoms with Crippen LogP contribution in [-0.4, -0.2) is 46.3 Å². The summed E-state index contributed by atoms with van der Waals surface area (Å²) in [6.45, 7) is 0. The zero-order valence-electron chi connectivity index (χ0n) is 22.9. The first-order chi connectivity index (χ1) is 19.0. The van der Waals surface area contributed by atoms with Crippen molar-refractivity contribution in [2.45, 2.75) is 50.6 Å². The number of carbonyl (C=O) groups is 2. The number of amides is 2. The fourth-order valence-corrected chi connectivity index (χ4v) is 5.74. The van der Waals surface area contributed by atoms with E-state index < -0.39 is 6.04 Å². The van der Waals surface area contributed by atoms with Gasteiger partial charge in [0.15, 0.2) is 11.5 Å². The van der Waals surface area contributed by atoms with E-state index in [4.69, 9.17) is 18.9 Å². The normalized spacial score (nSPS) is 14.3. The Morgan fingerprint density at radius 1 is 0.923 bits per heavy atom. The lowest BCUT2D eigenvalue weighted by Crippen LogP contribution is -2.47. The molecule has 1 N–H and O–H groups in total. The van der Waals surface area contributed by atoms with Crippen LogP contribution in [-0.2, 0) is 16.0 Å². The van der Waals surface area contributed by atoms with Gasteiger partial charge < -0.3 is 24.3 Å². The largest absolute Gasteiger partial charge is 0.497 e. The van der Waals surface area contributed by atoms with Gasteiger partial charge in [-0.2, -0.15) is 0 Å². The molecule has 1 aliphatic rings. The first-order valence-electron chi connectivity index (χ1n) is 13.1. The maximum absolute atomic E-state index is 14.2. The Morgan fingerprint density at radius 2 is 1.64 bits per heavy atom. The molecule has 1 saturated carbocycles. The topological polar surface area (TPSA) is 86.3 Å². The molecule has 1 fully saturated rings. The van der Waals surface area contributed by atoms with E-state index in [1.807, 2.05) is 35.7 Å². The summed E-state index contributed by atoms with van der Waals surface area (Å²) in [6.07, 6.45) is 5.27. The number of rotatable bonds is 11. The predicted molar refractivity (Wildman–Crippen MR) is 152 cm³/mol. The zero-order valence-corrected chi connectivity index (χ0v) is 23.7. The number of methoxy groups -OCH3 is 4. The lowest BCUT2D eigenvalue weighted by Gasteiger charge is -2.34. The van der Waals surface area contributed by atoms with Crippen LogP contribution in [0.3, 0.4) is 0 Å². The number of ether oxygens (including phenoxy) is 4. The van der Waals surface area contributed by atoms with Crippen molar-refractivity contribution in [2.24, 2.45) is 0 Å². The van der Waals surface area contributed by atoms with Crippen LogP contribution < -0.4 is 29.2 Å². The molecule has 0 bridgehead atoms. The van der Waals surface area contributed by atoms with Gasteiger partial charge in [-0.25, -0.2) is 0 Å². The molecule has 1 aliphatic carbocycles. The summed E-state index contributed by atoms with van der Waals surface area (Å²) < 4.78 is 22.2. The van der Waals surface area contributed by atoms with Gasteiger partial charge in [-0.05, 0) is 54.1 Å². The maximum atomic E-state index is 14.2. The van der Waals surface area contributed by atoms with E-state index in [0.717, 1.165) is 37.0 Å². The number of anilines is 1. The molecule has 8 nitrogen and oxygen atoms in total. The zero-order chi connectivity index (χ0) is 27.8. The molecule has 0 radical (unpaired) electrons. The van der Waals surface area contributed by atoms with Crippen LogP contribution in [0.5, 0.6) is 23.0 Å². The molecular weight excluding hydrogens is 516 g/mol. The van der Waals surface area contributed by atoms with Crippen LogP contribution in [0.15, 0.2) is 53.9 Å². The Bertz CT molecular complexity index is 1230. The molecule has 208 valence electrons. The Hall–Kier alpha value is -3.72. The predicted octanol–water partition coefficient (Wildman–Crippen LogP) is 5.55. The summed E-state index contributed by atoms with van der Waals surface area (Å²) >= 11 is 1.50. The summed E-state index contributed by atoms with van der Waals surface area (Å²) in [7, 11) is 6.16. The van der Waals surface area contributed by atoms with Crippen LogP contribution in [0, 0.1) is 0 Å². The van der Waals surface area contributed by atoms with Gasteiger partial charge in [-0.15, -0.1) is 11.3 Å². The van der Waals surface area contributed by atoms with Crippen LogP contribution >= 0.6 is 11.3 Å². The minimum Gasteiger partial charge on any atom is -0.497 e. The van der Waals surface area contributed by atoms with Gasteiger partial charge in [0.25, 0.3) is 0 Å². The highest BCUT2D eigenvalue weighted by Gasteiger charge is 2.36. The fourth-order valence-electron chi connectivity index (χ4n) is 5.05. The third kappa shape index (κ3) is 6.65. The smallest absolute Gasteiger partial charge is 0.248 e. The average Bonchev–Trinajstić information content (AvgIpc) is 3.48. The van der Waals surface area contributed by atoms with Crippen molar-refractivity contribution in [3.63, 3.8) is 0 Å². The van der Waals surface area contributed by atoms with Gasteiger partial charge in [0, 0.05) is 22.7 Å². The lowest BCUT2D eigenvalue weighted by molar-refractivity contribution is -0.127. The van der Waals surface area contributed by atoms with E-state index >= 15 is 0 Å². The standard InChI is InChI=1S/C30H36N2O6S/c1-35-23-13-8-12-22(18-23)32(27(33)19-24-14-9-15-39-24)28(30(34)31-21-10-6-5-7-11-21)20-16-25(36-2)29(38-4)26(17-20)37-3/h8-9,12-18,21,28H,5-7,10-11,19H2,1-4H3,(H,31,34)/t28-/m0/s1.